The molecule has 0 bridgehead atoms. The Balaban J connectivity index is 0.00000169. The summed E-state index contributed by atoms with van der Waals surface area (Å²) in [5.41, 5.74) is 3.05. The summed E-state index contributed by atoms with van der Waals surface area (Å²) in [7, 11) is -3.47. The summed E-state index contributed by atoms with van der Waals surface area (Å²) < 4.78 is 40.4. The van der Waals surface area contributed by atoms with Gasteiger partial charge in [0.25, 0.3) is 12.4 Å². The Morgan fingerprint density at radius 3 is 2.48 bits per heavy atom. The van der Waals surface area contributed by atoms with Crippen LogP contribution < -0.4 is 20.3 Å². The van der Waals surface area contributed by atoms with E-state index in [1.54, 1.807) is 24.3 Å². The molecule has 0 unspecified atom stereocenters. The van der Waals surface area contributed by atoms with Gasteiger partial charge in [-0.05, 0) is 67.6 Å². The minimum Gasteiger partial charge on any atom is -0.483 e. The molecule has 1 aliphatic heterocycles. The topological polar surface area (TPSA) is 148 Å². The molecular weight excluding hydrogens is 611 g/mol. The SMILES string of the molecule is CCNc1cc(C(=O)N[C@@H](Cc2ccccc2)[C@H](O)CNCc2ccc(F)c(Cl)c2)cc(N2CCCCS2(=O)=O)c1.O=CO. The number of aliphatic hydroxyl groups is 1. The van der Waals surface area contributed by atoms with E-state index in [0.29, 0.717) is 49.4 Å². The van der Waals surface area contributed by atoms with E-state index in [1.165, 1.54) is 16.4 Å². The second kappa shape index (κ2) is 17.0. The Morgan fingerprint density at radius 1 is 1.09 bits per heavy atom. The number of rotatable bonds is 12. The van der Waals surface area contributed by atoms with Crippen molar-refractivity contribution in [2.24, 2.45) is 0 Å². The zero-order valence-electron chi connectivity index (χ0n) is 24.4. The number of benzene rings is 3. The Kier molecular flexibility index (Phi) is 13.4. The van der Waals surface area contributed by atoms with Gasteiger partial charge in [-0.25, -0.2) is 12.8 Å². The van der Waals surface area contributed by atoms with Crippen LogP contribution >= 0.6 is 11.6 Å². The first-order valence-corrected chi connectivity index (χ1v) is 16.2. The molecule has 0 aliphatic carbocycles. The quantitative estimate of drug-likeness (QED) is 0.185. The first-order valence-electron chi connectivity index (χ1n) is 14.2. The number of aliphatic hydroxyl groups excluding tert-OH is 1. The fraction of sp³-hybridized carbons (Fsp3) is 0.355. The maximum Gasteiger partial charge on any atom is 0.290 e. The average Bonchev–Trinajstić information content (AvgIpc) is 2.99. The zero-order valence-corrected chi connectivity index (χ0v) is 26.0. The number of carboxylic acid groups (broad SMARTS) is 1. The molecule has 1 amide bonds. The van der Waals surface area contributed by atoms with Crippen LogP contribution in [0.25, 0.3) is 0 Å². The summed E-state index contributed by atoms with van der Waals surface area (Å²) in [5, 5.41) is 27.4. The summed E-state index contributed by atoms with van der Waals surface area (Å²) in [6, 6.07) is 18.3. The van der Waals surface area contributed by atoms with Crippen molar-refractivity contribution in [1.29, 1.82) is 0 Å². The lowest BCUT2D eigenvalue weighted by Crippen LogP contribution is -2.48. The third-order valence-corrected chi connectivity index (χ3v) is 9.10. The van der Waals surface area contributed by atoms with Gasteiger partial charge in [-0.3, -0.25) is 13.9 Å². The summed E-state index contributed by atoms with van der Waals surface area (Å²) in [6.45, 7) is 3.13. The predicted molar refractivity (Wildman–Crippen MR) is 170 cm³/mol. The van der Waals surface area contributed by atoms with Gasteiger partial charge >= 0.3 is 0 Å². The summed E-state index contributed by atoms with van der Waals surface area (Å²) >= 11 is 5.88. The molecule has 0 saturated carbocycles. The Bertz CT molecular complexity index is 1500. The number of hydrogen-bond acceptors (Lipinski definition) is 7. The number of nitrogens with zero attached hydrogens (tertiary/aromatic N) is 1. The standard InChI is InChI=1S/C30H36ClFN4O4S.CH2O2/c1-2-34-24-16-23(17-25(18-24)36-12-6-7-13-41(36,39)40)30(38)35-28(15-21-8-4-3-5-9-21)29(37)20-33-19-22-10-11-27(32)26(31)14-22;2-1-3/h3-5,8-11,14,16-18,28-29,33-34,37H,2,6-7,12-13,15,19-20H2,1H3,(H,35,38);1H,(H,2,3)/t28-,29+;/m0./s1. The van der Waals surface area contributed by atoms with E-state index >= 15 is 0 Å². The molecule has 1 heterocycles. The molecule has 2 atom stereocenters. The summed E-state index contributed by atoms with van der Waals surface area (Å²) in [4.78, 5) is 21.9. The maximum absolute atomic E-state index is 13.6. The van der Waals surface area contributed by atoms with Crippen LogP contribution in [-0.2, 0) is 27.8 Å². The number of sulfonamides is 1. The van der Waals surface area contributed by atoms with Crippen molar-refractivity contribution in [1.82, 2.24) is 10.6 Å². The molecule has 3 aromatic carbocycles. The molecule has 10 nitrogen and oxygen atoms in total. The molecular formula is C31H38ClFN4O6S. The van der Waals surface area contributed by atoms with Crippen LogP contribution in [0.3, 0.4) is 0 Å². The molecule has 0 radical (unpaired) electrons. The molecule has 0 aromatic heterocycles. The molecule has 238 valence electrons. The highest BCUT2D eigenvalue weighted by atomic mass is 35.5. The maximum atomic E-state index is 13.6. The summed E-state index contributed by atoms with van der Waals surface area (Å²) in [6.07, 6.45) is 0.765. The van der Waals surface area contributed by atoms with E-state index in [-0.39, 0.29) is 23.8 Å². The third kappa shape index (κ3) is 10.2. The first kappa shape index (κ1) is 34.8. The minimum atomic E-state index is -3.47. The zero-order chi connectivity index (χ0) is 32.1. The largest absolute Gasteiger partial charge is 0.483 e. The molecule has 0 spiro atoms. The molecule has 4 rings (SSSR count). The monoisotopic (exact) mass is 648 g/mol. The highest BCUT2D eigenvalue weighted by Gasteiger charge is 2.28. The second-order valence-corrected chi connectivity index (χ2v) is 12.6. The lowest BCUT2D eigenvalue weighted by molar-refractivity contribution is -0.122. The van der Waals surface area contributed by atoms with Crippen molar-refractivity contribution in [2.75, 3.05) is 35.0 Å². The highest BCUT2D eigenvalue weighted by molar-refractivity contribution is 7.92. The van der Waals surface area contributed by atoms with E-state index in [0.717, 1.165) is 17.5 Å². The minimum absolute atomic E-state index is 0.0237. The van der Waals surface area contributed by atoms with Gasteiger partial charge < -0.3 is 26.2 Å². The lowest BCUT2D eigenvalue weighted by Gasteiger charge is -2.29. The van der Waals surface area contributed by atoms with Gasteiger partial charge in [-0.1, -0.05) is 48.0 Å². The fourth-order valence-electron chi connectivity index (χ4n) is 4.83. The van der Waals surface area contributed by atoms with E-state index in [2.05, 4.69) is 16.0 Å². The number of nitrogens with one attached hydrogen (secondary N) is 3. The van der Waals surface area contributed by atoms with E-state index in [9.17, 15) is 22.7 Å². The third-order valence-electron chi connectivity index (χ3n) is 6.94. The van der Waals surface area contributed by atoms with Gasteiger partial charge in [-0.15, -0.1) is 0 Å². The number of hydrogen-bond donors (Lipinski definition) is 5. The predicted octanol–water partition coefficient (Wildman–Crippen LogP) is 4.03. The van der Waals surface area contributed by atoms with E-state index < -0.39 is 33.9 Å². The molecule has 1 aliphatic rings. The van der Waals surface area contributed by atoms with E-state index in [1.807, 2.05) is 37.3 Å². The number of halogens is 2. The van der Waals surface area contributed by atoms with Crippen molar-refractivity contribution in [3.63, 3.8) is 0 Å². The molecule has 13 heteroatoms. The van der Waals surface area contributed by atoms with Crippen LogP contribution in [0.15, 0.2) is 66.7 Å². The Morgan fingerprint density at radius 2 is 1.82 bits per heavy atom. The van der Waals surface area contributed by atoms with Crippen molar-refractivity contribution in [3.8, 4) is 0 Å². The van der Waals surface area contributed by atoms with E-state index in [4.69, 9.17) is 21.5 Å². The summed E-state index contributed by atoms with van der Waals surface area (Å²) in [5.74, 6) is -0.853. The van der Waals surface area contributed by atoms with Crippen LogP contribution in [0.1, 0.15) is 41.3 Å². The molecule has 5 N–H and O–H groups in total. The van der Waals surface area contributed by atoms with Gasteiger partial charge in [0.05, 0.1) is 28.6 Å². The molecule has 3 aromatic rings. The van der Waals surface area contributed by atoms with Crippen LogP contribution in [0.5, 0.6) is 0 Å². The van der Waals surface area contributed by atoms with Gasteiger partial charge in [0.2, 0.25) is 10.0 Å². The van der Waals surface area contributed by atoms with Crippen LogP contribution in [0, 0.1) is 5.82 Å². The van der Waals surface area contributed by atoms with Crippen molar-refractivity contribution in [2.45, 2.75) is 44.9 Å². The van der Waals surface area contributed by atoms with Crippen LogP contribution in [0.2, 0.25) is 5.02 Å². The second-order valence-electron chi connectivity index (χ2n) is 10.2. The van der Waals surface area contributed by atoms with Crippen molar-refractivity contribution < 1.29 is 32.6 Å². The van der Waals surface area contributed by atoms with Gasteiger partial charge in [0, 0.05) is 37.4 Å². The Hall–Kier alpha value is -3.71. The fourth-order valence-corrected chi connectivity index (χ4v) is 6.66. The smallest absolute Gasteiger partial charge is 0.290 e. The van der Waals surface area contributed by atoms with Gasteiger partial charge in [0.15, 0.2) is 0 Å². The number of carbonyl (C=O) groups excluding carboxylic acids is 1. The molecule has 44 heavy (non-hydrogen) atoms. The van der Waals surface area contributed by atoms with Crippen LogP contribution in [0.4, 0.5) is 15.8 Å². The van der Waals surface area contributed by atoms with Gasteiger partial charge in [-0.2, -0.15) is 0 Å². The van der Waals surface area contributed by atoms with Crippen molar-refractivity contribution >= 4 is 45.4 Å². The lowest BCUT2D eigenvalue weighted by atomic mass is 10.00. The van der Waals surface area contributed by atoms with Crippen LogP contribution in [-0.4, -0.2) is 68.5 Å². The van der Waals surface area contributed by atoms with Gasteiger partial charge in [0.1, 0.15) is 5.82 Å². The normalized spacial score (nSPS) is 15.3. The number of amides is 1. The highest BCUT2D eigenvalue weighted by Crippen LogP contribution is 2.28. The number of anilines is 2. The first-order chi connectivity index (χ1) is 21.1. The average molecular weight is 649 g/mol. The molecule has 1 fully saturated rings. The number of carbonyl (C=O) groups is 2. The molecule has 1 saturated heterocycles. The Labute approximate surface area is 262 Å². The van der Waals surface area contributed by atoms with Crippen molar-refractivity contribution in [3.05, 3.63) is 94.3 Å².